The first-order valence-corrected chi connectivity index (χ1v) is 8.24. The summed E-state index contributed by atoms with van der Waals surface area (Å²) in [5.41, 5.74) is 2.45. The Balaban J connectivity index is 1.74. The Kier molecular flexibility index (Phi) is 4.88. The van der Waals surface area contributed by atoms with E-state index in [2.05, 4.69) is 20.1 Å². The molecular weight excluding hydrogens is 352 g/mol. The standard InChI is InChI=1S/C15H15F2N5O2S/c1-8-12(9(2)24-21-8)7-25-15-20-19-13(22(15)18)10-3-5-11(6-4-10)23-14(16)17/h3-6,14H,7,18H2,1-2H3. The van der Waals surface area contributed by atoms with Crippen molar-refractivity contribution in [3.63, 3.8) is 0 Å². The van der Waals surface area contributed by atoms with Crippen molar-refractivity contribution in [1.82, 2.24) is 20.0 Å². The van der Waals surface area contributed by atoms with Crippen LogP contribution in [0.4, 0.5) is 8.78 Å². The average Bonchev–Trinajstić information content (AvgIpc) is 3.09. The highest BCUT2D eigenvalue weighted by molar-refractivity contribution is 7.98. The Morgan fingerprint density at radius 3 is 2.56 bits per heavy atom. The van der Waals surface area contributed by atoms with Gasteiger partial charge in [-0.25, -0.2) is 4.68 Å². The minimum Gasteiger partial charge on any atom is -0.435 e. The van der Waals surface area contributed by atoms with E-state index in [4.69, 9.17) is 10.4 Å². The van der Waals surface area contributed by atoms with Crippen LogP contribution in [-0.4, -0.2) is 26.6 Å². The van der Waals surface area contributed by atoms with E-state index in [1.165, 1.54) is 28.6 Å². The second-order valence-corrected chi connectivity index (χ2v) is 6.11. The van der Waals surface area contributed by atoms with Gasteiger partial charge in [0.2, 0.25) is 5.16 Å². The maximum absolute atomic E-state index is 12.2. The largest absolute Gasteiger partial charge is 0.435 e. The minimum atomic E-state index is -2.86. The van der Waals surface area contributed by atoms with E-state index in [9.17, 15) is 8.78 Å². The Labute approximate surface area is 146 Å². The van der Waals surface area contributed by atoms with Gasteiger partial charge in [-0.15, -0.1) is 10.2 Å². The zero-order valence-electron chi connectivity index (χ0n) is 13.4. The Bertz CT molecular complexity index is 844. The highest BCUT2D eigenvalue weighted by Gasteiger charge is 2.15. The van der Waals surface area contributed by atoms with Crippen LogP contribution in [-0.2, 0) is 5.75 Å². The first-order valence-electron chi connectivity index (χ1n) is 7.26. The van der Waals surface area contributed by atoms with Crippen molar-refractivity contribution in [1.29, 1.82) is 0 Å². The number of aryl methyl sites for hydroxylation is 2. The summed E-state index contributed by atoms with van der Waals surface area (Å²) in [5.74, 6) is 7.88. The molecule has 2 heterocycles. The maximum Gasteiger partial charge on any atom is 0.387 e. The Hall–Kier alpha value is -2.62. The van der Waals surface area contributed by atoms with Gasteiger partial charge in [0.15, 0.2) is 5.82 Å². The lowest BCUT2D eigenvalue weighted by Crippen LogP contribution is -2.11. The summed E-state index contributed by atoms with van der Waals surface area (Å²) in [5, 5.41) is 12.6. The molecule has 10 heteroatoms. The van der Waals surface area contributed by atoms with Crippen LogP contribution in [0, 0.1) is 13.8 Å². The Morgan fingerprint density at radius 1 is 1.24 bits per heavy atom. The third-order valence-corrected chi connectivity index (χ3v) is 4.50. The average molecular weight is 367 g/mol. The summed E-state index contributed by atoms with van der Waals surface area (Å²) in [7, 11) is 0. The third-order valence-electron chi connectivity index (χ3n) is 3.53. The second-order valence-electron chi connectivity index (χ2n) is 5.17. The molecule has 3 rings (SSSR count). The van der Waals surface area contributed by atoms with E-state index in [1.54, 1.807) is 12.1 Å². The molecule has 0 bridgehead atoms. The third kappa shape index (κ3) is 3.73. The van der Waals surface area contributed by atoms with Gasteiger partial charge in [-0.2, -0.15) is 8.78 Å². The highest BCUT2D eigenvalue weighted by Crippen LogP contribution is 2.27. The number of nitrogens with two attached hydrogens (primary N) is 1. The summed E-state index contributed by atoms with van der Waals surface area (Å²) in [6, 6.07) is 6.03. The molecular formula is C15H15F2N5O2S. The van der Waals surface area contributed by atoms with Crippen molar-refractivity contribution in [2.45, 2.75) is 31.4 Å². The number of halogens is 2. The molecule has 3 aromatic rings. The van der Waals surface area contributed by atoms with Crippen molar-refractivity contribution in [3.05, 3.63) is 41.3 Å². The zero-order valence-corrected chi connectivity index (χ0v) is 14.3. The van der Waals surface area contributed by atoms with Crippen LogP contribution < -0.4 is 10.6 Å². The summed E-state index contributed by atoms with van der Waals surface area (Å²) in [6.45, 7) is 0.849. The van der Waals surface area contributed by atoms with Crippen LogP contribution in [0.2, 0.25) is 0 Å². The molecule has 0 aliphatic rings. The molecule has 0 fully saturated rings. The van der Waals surface area contributed by atoms with Gasteiger partial charge in [0.25, 0.3) is 0 Å². The molecule has 0 aliphatic carbocycles. The fourth-order valence-electron chi connectivity index (χ4n) is 2.20. The molecule has 0 saturated carbocycles. The SMILES string of the molecule is Cc1noc(C)c1CSc1nnc(-c2ccc(OC(F)F)cc2)n1N. The number of hydrogen-bond acceptors (Lipinski definition) is 7. The van der Waals surface area contributed by atoms with E-state index in [1.807, 2.05) is 13.8 Å². The van der Waals surface area contributed by atoms with Gasteiger partial charge in [0, 0.05) is 16.9 Å². The van der Waals surface area contributed by atoms with E-state index in [0.29, 0.717) is 22.3 Å². The molecule has 25 heavy (non-hydrogen) atoms. The highest BCUT2D eigenvalue weighted by atomic mass is 32.2. The van der Waals surface area contributed by atoms with Gasteiger partial charge < -0.3 is 15.1 Å². The second kappa shape index (κ2) is 7.09. The molecule has 0 atom stereocenters. The van der Waals surface area contributed by atoms with Crippen molar-refractivity contribution < 1.29 is 18.0 Å². The topological polar surface area (TPSA) is 92.0 Å². The molecule has 7 nitrogen and oxygen atoms in total. The molecule has 1 aromatic carbocycles. The van der Waals surface area contributed by atoms with E-state index < -0.39 is 6.61 Å². The van der Waals surface area contributed by atoms with Gasteiger partial charge in [-0.05, 0) is 38.1 Å². The fraction of sp³-hybridized carbons (Fsp3) is 0.267. The lowest BCUT2D eigenvalue weighted by atomic mass is 10.2. The van der Waals surface area contributed by atoms with Crippen LogP contribution in [0.15, 0.2) is 33.9 Å². The van der Waals surface area contributed by atoms with Crippen molar-refractivity contribution >= 4 is 11.8 Å². The summed E-state index contributed by atoms with van der Waals surface area (Å²) >= 11 is 1.40. The van der Waals surface area contributed by atoms with Crippen LogP contribution in [0.1, 0.15) is 17.0 Å². The van der Waals surface area contributed by atoms with Gasteiger partial charge in [0.1, 0.15) is 11.5 Å². The van der Waals surface area contributed by atoms with Crippen molar-refractivity contribution in [3.8, 4) is 17.1 Å². The lowest BCUT2D eigenvalue weighted by Gasteiger charge is -2.06. The minimum absolute atomic E-state index is 0.0647. The van der Waals surface area contributed by atoms with E-state index in [0.717, 1.165) is 17.0 Å². The first kappa shape index (κ1) is 17.2. The van der Waals surface area contributed by atoms with Crippen molar-refractivity contribution in [2.24, 2.45) is 0 Å². The van der Waals surface area contributed by atoms with Gasteiger partial charge in [-0.1, -0.05) is 16.9 Å². The molecule has 0 radical (unpaired) electrons. The van der Waals surface area contributed by atoms with Crippen molar-refractivity contribution in [2.75, 3.05) is 5.84 Å². The molecule has 0 unspecified atom stereocenters. The number of nitrogen functional groups attached to an aromatic ring is 1. The van der Waals surface area contributed by atoms with Crippen LogP contribution in [0.3, 0.4) is 0 Å². The van der Waals surface area contributed by atoms with Gasteiger partial charge in [0.05, 0.1) is 5.69 Å². The number of aromatic nitrogens is 4. The predicted molar refractivity (Wildman–Crippen MR) is 87.8 cm³/mol. The molecule has 0 spiro atoms. The van der Waals surface area contributed by atoms with Gasteiger partial charge in [-0.3, -0.25) is 0 Å². The number of benzene rings is 1. The number of ether oxygens (including phenoxy) is 1. The summed E-state index contributed by atoms with van der Waals surface area (Å²) in [4.78, 5) is 0. The van der Waals surface area contributed by atoms with E-state index >= 15 is 0 Å². The quantitative estimate of drug-likeness (QED) is 0.528. The number of rotatable bonds is 6. The van der Waals surface area contributed by atoms with Crippen LogP contribution in [0.25, 0.3) is 11.4 Å². The summed E-state index contributed by atoms with van der Waals surface area (Å²) in [6.07, 6.45) is 0. The van der Waals surface area contributed by atoms with Gasteiger partial charge >= 0.3 is 6.61 Å². The van der Waals surface area contributed by atoms with E-state index in [-0.39, 0.29) is 5.75 Å². The number of hydrogen-bond donors (Lipinski definition) is 1. The molecule has 2 aromatic heterocycles. The number of nitrogens with zero attached hydrogens (tertiary/aromatic N) is 4. The summed E-state index contributed by atoms with van der Waals surface area (Å²) < 4.78 is 35.2. The molecule has 132 valence electrons. The maximum atomic E-state index is 12.2. The van der Waals surface area contributed by atoms with Crippen LogP contribution >= 0.6 is 11.8 Å². The predicted octanol–water partition coefficient (Wildman–Crippen LogP) is 3.16. The fourth-order valence-corrected chi connectivity index (χ4v) is 3.21. The zero-order chi connectivity index (χ0) is 18.0. The molecule has 0 aliphatic heterocycles. The molecule has 0 amide bonds. The van der Waals surface area contributed by atoms with Crippen LogP contribution in [0.5, 0.6) is 5.75 Å². The smallest absolute Gasteiger partial charge is 0.387 e. The Morgan fingerprint density at radius 2 is 1.96 bits per heavy atom. The molecule has 0 saturated heterocycles. The lowest BCUT2D eigenvalue weighted by molar-refractivity contribution is -0.0498. The molecule has 2 N–H and O–H groups in total. The number of thioether (sulfide) groups is 1. The normalized spacial score (nSPS) is 11.2. The monoisotopic (exact) mass is 367 g/mol. The number of alkyl halides is 2. The first-order chi connectivity index (χ1) is 12.0.